The molecule has 1 aromatic carbocycles. The third-order valence-electron chi connectivity index (χ3n) is 7.14. The number of carbonyl (C=O) groups excluding carboxylic acids is 1. The lowest BCUT2D eigenvalue weighted by atomic mass is 10.1. The summed E-state index contributed by atoms with van der Waals surface area (Å²) in [4.78, 5) is 30.2. The quantitative estimate of drug-likeness (QED) is 0.578. The molecule has 0 radical (unpaired) electrons. The molecule has 2 bridgehead atoms. The third kappa shape index (κ3) is 3.78. The standard InChI is InChI=1S/C26H26N8O2/c1-26(2)24(35)32-23-22(36-26)9-16(12-29-23)20-6-7-28-25(31-20)30-17-4-5-21(15(8-17)11-27)34-14-18-10-19(34)13-33(18)3/h4-9,12,18-19H,10,13-14H2,1-3H3,(H,28,30,31)(H,29,32,35). The smallest absolute Gasteiger partial charge is 0.269 e. The van der Waals surface area contributed by atoms with E-state index in [1.165, 1.54) is 0 Å². The van der Waals surface area contributed by atoms with E-state index in [0.717, 1.165) is 36.4 Å². The molecule has 0 saturated carbocycles. The predicted octanol–water partition coefficient (Wildman–Crippen LogP) is 3.16. The average molecular weight is 483 g/mol. The second kappa shape index (κ2) is 8.17. The molecule has 3 aliphatic heterocycles. The fourth-order valence-electron chi connectivity index (χ4n) is 5.16. The van der Waals surface area contributed by atoms with E-state index in [4.69, 9.17) is 4.74 Å². The molecule has 5 heterocycles. The van der Waals surface area contributed by atoms with Gasteiger partial charge in [-0.25, -0.2) is 15.0 Å². The van der Waals surface area contributed by atoms with Crippen LogP contribution in [0.4, 0.5) is 23.1 Å². The van der Waals surface area contributed by atoms with Gasteiger partial charge in [-0.3, -0.25) is 9.69 Å². The van der Waals surface area contributed by atoms with Crippen molar-refractivity contribution in [3.63, 3.8) is 0 Å². The Bertz CT molecular complexity index is 1410. The number of nitriles is 1. The largest absolute Gasteiger partial charge is 0.474 e. The molecule has 2 unspecified atom stereocenters. The van der Waals surface area contributed by atoms with Gasteiger partial charge in [-0.2, -0.15) is 5.26 Å². The fourth-order valence-corrected chi connectivity index (χ4v) is 5.16. The van der Waals surface area contributed by atoms with Gasteiger partial charge >= 0.3 is 0 Å². The number of hydrogen-bond acceptors (Lipinski definition) is 9. The minimum atomic E-state index is -0.985. The lowest BCUT2D eigenvalue weighted by Gasteiger charge is -2.34. The van der Waals surface area contributed by atoms with Crippen molar-refractivity contribution in [2.24, 2.45) is 0 Å². The highest BCUT2D eigenvalue weighted by Crippen LogP contribution is 2.37. The summed E-state index contributed by atoms with van der Waals surface area (Å²) < 4.78 is 5.85. The molecule has 10 nitrogen and oxygen atoms in total. The molecule has 2 N–H and O–H groups in total. The highest BCUT2D eigenvalue weighted by Gasteiger charge is 2.42. The number of aromatic nitrogens is 3. The van der Waals surface area contributed by atoms with Crippen LogP contribution in [0, 0.1) is 11.3 Å². The van der Waals surface area contributed by atoms with E-state index >= 15 is 0 Å². The normalized spacial score (nSPS) is 21.9. The van der Waals surface area contributed by atoms with Gasteiger partial charge in [0.05, 0.1) is 16.9 Å². The monoisotopic (exact) mass is 482 g/mol. The summed E-state index contributed by atoms with van der Waals surface area (Å²) >= 11 is 0. The Morgan fingerprint density at radius 2 is 2.06 bits per heavy atom. The van der Waals surface area contributed by atoms with Gasteiger partial charge in [0.15, 0.2) is 17.2 Å². The van der Waals surface area contributed by atoms with Crippen LogP contribution in [-0.2, 0) is 4.79 Å². The second-order valence-electron chi connectivity index (χ2n) is 10.0. The SMILES string of the molecule is CN1CC2CC1CN2c1ccc(Nc2nccc(-c3cnc4c(c3)OC(C)(C)C(=O)N4)n2)cc1C#N. The molecular weight excluding hydrogens is 456 g/mol. The molecular formula is C26H26N8O2. The number of likely N-dealkylation sites (tertiary alicyclic amines) is 1. The molecule has 2 aromatic heterocycles. The zero-order chi connectivity index (χ0) is 25.0. The summed E-state index contributed by atoms with van der Waals surface area (Å²) in [5, 5.41) is 15.8. The summed E-state index contributed by atoms with van der Waals surface area (Å²) in [7, 11) is 2.17. The van der Waals surface area contributed by atoms with E-state index in [2.05, 4.69) is 48.5 Å². The Labute approximate surface area is 208 Å². The van der Waals surface area contributed by atoms with Gasteiger partial charge in [-0.15, -0.1) is 0 Å². The maximum Gasteiger partial charge on any atom is 0.269 e. The van der Waals surface area contributed by atoms with Crippen molar-refractivity contribution in [1.29, 1.82) is 5.26 Å². The van der Waals surface area contributed by atoms with Gasteiger partial charge in [0.2, 0.25) is 5.95 Å². The molecule has 0 spiro atoms. The van der Waals surface area contributed by atoms with E-state index in [9.17, 15) is 10.1 Å². The molecule has 2 atom stereocenters. The summed E-state index contributed by atoms with van der Waals surface area (Å²) in [6, 6.07) is 12.8. The highest BCUT2D eigenvalue weighted by molar-refractivity contribution is 5.99. The minimum Gasteiger partial charge on any atom is -0.474 e. The summed E-state index contributed by atoms with van der Waals surface area (Å²) in [6.45, 7) is 5.39. The minimum absolute atomic E-state index is 0.240. The van der Waals surface area contributed by atoms with Gasteiger partial charge < -0.3 is 20.3 Å². The number of fused-ring (bicyclic) bond motifs is 3. The number of carbonyl (C=O) groups is 1. The molecule has 3 aromatic rings. The number of rotatable bonds is 4. The number of likely N-dealkylation sites (N-methyl/N-ethyl adjacent to an activating group) is 1. The highest BCUT2D eigenvalue weighted by atomic mass is 16.5. The van der Waals surface area contributed by atoms with Crippen LogP contribution < -0.4 is 20.3 Å². The number of nitrogens with zero attached hydrogens (tertiary/aromatic N) is 6. The first-order valence-electron chi connectivity index (χ1n) is 11.9. The lowest BCUT2D eigenvalue weighted by molar-refractivity contribution is -0.129. The maximum atomic E-state index is 12.1. The van der Waals surface area contributed by atoms with E-state index in [0.29, 0.717) is 40.9 Å². The number of anilines is 4. The first kappa shape index (κ1) is 22.2. The topological polar surface area (TPSA) is 119 Å². The van der Waals surface area contributed by atoms with Crippen LogP contribution in [0.3, 0.4) is 0 Å². The Balaban J connectivity index is 1.23. The van der Waals surface area contributed by atoms with Crippen LogP contribution in [0.1, 0.15) is 25.8 Å². The molecule has 182 valence electrons. The number of ether oxygens (including phenoxy) is 1. The Hall–Kier alpha value is -4.23. The lowest BCUT2D eigenvalue weighted by Crippen LogP contribution is -2.45. The van der Waals surface area contributed by atoms with Gasteiger partial charge in [-0.1, -0.05) is 0 Å². The van der Waals surface area contributed by atoms with Crippen molar-refractivity contribution in [2.75, 3.05) is 35.7 Å². The van der Waals surface area contributed by atoms with E-state index in [1.807, 2.05) is 18.2 Å². The Morgan fingerprint density at radius 3 is 2.81 bits per heavy atom. The third-order valence-corrected chi connectivity index (χ3v) is 7.14. The summed E-state index contributed by atoms with van der Waals surface area (Å²) in [5.41, 5.74) is 2.75. The predicted molar refractivity (Wildman–Crippen MR) is 135 cm³/mol. The number of benzene rings is 1. The van der Waals surface area contributed by atoms with Crippen molar-refractivity contribution in [3.05, 3.63) is 48.3 Å². The van der Waals surface area contributed by atoms with Crippen LogP contribution in [-0.4, -0.2) is 63.6 Å². The molecule has 36 heavy (non-hydrogen) atoms. The average Bonchev–Trinajstić information content (AvgIpc) is 3.44. The number of amides is 1. The van der Waals surface area contributed by atoms with Gasteiger partial charge in [0.1, 0.15) is 6.07 Å². The van der Waals surface area contributed by atoms with Gasteiger partial charge in [-0.05, 0) is 57.6 Å². The van der Waals surface area contributed by atoms with Crippen molar-refractivity contribution < 1.29 is 9.53 Å². The zero-order valence-electron chi connectivity index (χ0n) is 20.3. The number of piperazine rings is 1. The van der Waals surface area contributed by atoms with E-state index < -0.39 is 5.60 Å². The molecule has 1 amide bonds. The van der Waals surface area contributed by atoms with Crippen molar-refractivity contribution in [2.45, 2.75) is 38.0 Å². The van der Waals surface area contributed by atoms with E-state index in [-0.39, 0.29) is 5.91 Å². The first-order chi connectivity index (χ1) is 17.3. The van der Waals surface area contributed by atoms with E-state index in [1.54, 1.807) is 38.4 Å². The fraction of sp³-hybridized carbons (Fsp3) is 0.346. The molecule has 0 aliphatic carbocycles. The molecule has 6 rings (SSSR count). The number of pyridine rings is 1. The summed E-state index contributed by atoms with van der Waals surface area (Å²) in [6.07, 6.45) is 4.44. The van der Waals surface area contributed by atoms with Crippen LogP contribution in [0.25, 0.3) is 11.3 Å². The Kier molecular flexibility index (Phi) is 5.05. The maximum absolute atomic E-state index is 12.1. The van der Waals surface area contributed by atoms with Crippen LogP contribution >= 0.6 is 0 Å². The molecule has 2 saturated heterocycles. The van der Waals surface area contributed by atoms with Gasteiger partial charge in [0.25, 0.3) is 5.91 Å². The Morgan fingerprint density at radius 1 is 1.19 bits per heavy atom. The molecule has 10 heteroatoms. The molecule has 2 fully saturated rings. The molecule has 3 aliphatic rings. The van der Waals surface area contributed by atoms with Crippen molar-refractivity contribution in [3.8, 4) is 23.1 Å². The van der Waals surface area contributed by atoms with Crippen LogP contribution in [0.5, 0.6) is 5.75 Å². The van der Waals surface area contributed by atoms with Crippen molar-refractivity contribution in [1.82, 2.24) is 19.9 Å². The van der Waals surface area contributed by atoms with Crippen LogP contribution in [0.15, 0.2) is 42.7 Å². The second-order valence-corrected chi connectivity index (χ2v) is 10.0. The zero-order valence-corrected chi connectivity index (χ0v) is 20.3. The van der Waals surface area contributed by atoms with Crippen molar-refractivity contribution >= 4 is 29.0 Å². The summed E-state index contributed by atoms with van der Waals surface area (Å²) in [5.74, 6) is 1.04. The number of hydrogen-bond donors (Lipinski definition) is 2. The number of nitrogens with one attached hydrogen (secondary N) is 2. The van der Waals surface area contributed by atoms with Gasteiger partial charge in [0, 0.05) is 48.8 Å². The first-order valence-corrected chi connectivity index (χ1v) is 11.9. The van der Waals surface area contributed by atoms with Crippen LogP contribution in [0.2, 0.25) is 0 Å².